The number of halogens is 5. The van der Waals surface area contributed by atoms with Gasteiger partial charge in [0, 0.05) is 0 Å². The van der Waals surface area contributed by atoms with Crippen LogP contribution in [-0.2, 0) is 10.1 Å². The largest absolute Gasteiger partial charge is 0.472 e. The topological polar surface area (TPSA) is 54.4 Å². The average molecular weight is 200 g/mol. The SMILES string of the molecule is O=S(=O)(O)C(F)(F)C(F)(F)F. The summed E-state index contributed by atoms with van der Waals surface area (Å²) in [7, 11) is -6.42. The molecule has 3 nitrogen and oxygen atoms in total. The number of rotatable bonds is 1. The Hall–Kier alpha value is -0.440. The standard InChI is InChI=1S/C2HF5O3S/c3-1(4,5)2(6,7)11(8,9)10/h(H,8,9,10). The van der Waals surface area contributed by atoms with E-state index in [1.54, 1.807) is 0 Å². The second kappa shape index (κ2) is 2.27. The van der Waals surface area contributed by atoms with E-state index in [2.05, 4.69) is 0 Å². The van der Waals surface area contributed by atoms with E-state index in [1.165, 1.54) is 0 Å². The van der Waals surface area contributed by atoms with Crippen LogP contribution in [0.3, 0.4) is 0 Å². The van der Waals surface area contributed by atoms with Gasteiger partial charge in [0.2, 0.25) is 0 Å². The van der Waals surface area contributed by atoms with Crippen molar-refractivity contribution in [2.24, 2.45) is 0 Å². The fourth-order valence-electron chi connectivity index (χ4n) is 0.146. The van der Waals surface area contributed by atoms with Gasteiger partial charge in [0.25, 0.3) is 0 Å². The first-order valence-corrected chi connectivity index (χ1v) is 3.36. The van der Waals surface area contributed by atoms with Gasteiger partial charge in [-0.3, -0.25) is 4.55 Å². The highest BCUT2D eigenvalue weighted by atomic mass is 32.2. The van der Waals surface area contributed by atoms with E-state index in [1.807, 2.05) is 0 Å². The van der Waals surface area contributed by atoms with Gasteiger partial charge < -0.3 is 0 Å². The minimum Gasteiger partial charge on any atom is -0.281 e. The van der Waals surface area contributed by atoms with E-state index in [0.29, 0.717) is 0 Å². The smallest absolute Gasteiger partial charge is 0.281 e. The molecule has 0 heterocycles. The molecule has 11 heavy (non-hydrogen) atoms. The van der Waals surface area contributed by atoms with E-state index >= 15 is 0 Å². The first-order chi connectivity index (χ1) is 4.50. The van der Waals surface area contributed by atoms with Crippen LogP contribution < -0.4 is 0 Å². The van der Waals surface area contributed by atoms with Crippen molar-refractivity contribution in [3.63, 3.8) is 0 Å². The summed E-state index contributed by atoms with van der Waals surface area (Å²) in [5.74, 6) is 0. The second-order valence-electron chi connectivity index (χ2n) is 1.49. The molecule has 0 rings (SSSR count). The van der Waals surface area contributed by atoms with Gasteiger partial charge in [-0.15, -0.1) is 0 Å². The maximum atomic E-state index is 11.5. The Morgan fingerprint density at radius 2 is 1.27 bits per heavy atom. The Kier molecular flexibility index (Phi) is 2.18. The molecule has 0 aromatic carbocycles. The van der Waals surface area contributed by atoms with Crippen LogP contribution in [0.15, 0.2) is 0 Å². The molecular weight excluding hydrogens is 199 g/mol. The van der Waals surface area contributed by atoms with E-state index < -0.39 is 21.5 Å². The number of hydrogen-bond donors (Lipinski definition) is 1. The van der Waals surface area contributed by atoms with Crippen LogP contribution in [0.2, 0.25) is 0 Å². The van der Waals surface area contributed by atoms with Crippen molar-refractivity contribution in [3.05, 3.63) is 0 Å². The molecule has 0 fully saturated rings. The lowest BCUT2D eigenvalue weighted by Crippen LogP contribution is -2.43. The first-order valence-electron chi connectivity index (χ1n) is 1.91. The number of hydrogen-bond acceptors (Lipinski definition) is 2. The highest BCUT2D eigenvalue weighted by Gasteiger charge is 2.67. The molecule has 9 heteroatoms. The zero-order valence-electron chi connectivity index (χ0n) is 4.56. The van der Waals surface area contributed by atoms with Crippen LogP contribution in [-0.4, -0.2) is 24.4 Å². The lowest BCUT2D eigenvalue weighted by atomic mass is 10.7. The summed E-state index contributed by atoms with van der Waals surface area (Å²) in [6.07, 6.45) is -6.29. The Balaban J connectivity index is 5.08. The third kappa shape index (κ3) is 1.77. The van der Waals surface area contributed by atoms with Crippen LogP contribution >= 0.6 is 0 Å². The van der Waals surface area contributed by atoms with Crippen molar-refractivity contribution in [2.45, 2.75) is 11.4 Å². The van der Waals surface area contributed by atoms with Crippen molar-refractivity contribution in [2.75, 3.05) is 0 Å². The molecule has 0 aliphatic carbocycles. The molecular formula is C2HF5O3S. The van der Waals surface area contributed by atoms with Gasteiger partial charge in [-0.1, -0.05) is 0 Å². The number of alkyl halides is 5. The molecule has 0 atom stereocenters. The predicted molar refractivity (Wildman–Crippen MR) is 22.6 cm³/mol. The van der Waals surface area contributed by atoms with Crippen molar-refractivity contribution < 1.29 is 34.9 Å². The summed E-state index contributed by atoms with van der Waals surface area (Å²) in [5, 5.41) is -6.10. The third-order valence-electron chi connectivity index (χ3n) is 0.654. The van der Waals surface area contributed by atoms with Gasteiger partial charge in [-0.2, -0.15) is 30.4 Å². The van der Waals surface area contributed by atoms with Crippen molar-refractivity contribution in [1.29, 1.82) is 0 Å². The zero-order chi connectivity index (χ0) is 9.50. The summed E-state index contributed by atoms with van der Waals surface area (Å²) in [6, 6.07) is 0. The molecule has 0 aliphatic heterocycles. The molecule has 0 aromatic rings. The normalized spacial score (nSPS) is 15.1. The van der Waals surface area contributed by atoms with Crippen LogP contribution in [0.4, 0.5) is 22.0 Å². The molecule has 0 radical (unpaired) electrons. The zero-order valence-corrected chi connectivity index (χ0v) is 5.38. The lowest BCUT2D eigenvalue weighted by molar-refractivity contribution is -0.243. The van der Waals surface area contributed by atoms with Crippen molar-refractivity contribution >= 4 is 10.1 Å². The second-order valence-corrected chi connectivity index (χ2v) is 2.95. The summed E-state index contributed by atoms with van der Waals surface area (Å²) < 4.78 is 82.2. The maximum absolute atomic E-state index is 11.5. The molecule has 0 aromatic heterocycles. The molecule has 0 saturated heterocycles. The molecule has 1 N–H and O–H groups in total. The van der Waals surface area contributed by atoms with Crippen molar-refractivity contribution in [3.8, 4) is 0 Å². The van der Waals surface area contributed by atoms with Gasteiger partial charge >= 0.3 is 21.5 Å². The first kappa shape index (κ1) is 10.6. The maximum Gasteiger partial charge on any atom is 0.472 e. The van der Waals surface area contributed by atoms with E-state index in [9.17, 15) is 30.4 Å². The Morgan fingerprint density at radius 3 is 1.27 bits per heavy atom. The fourth-order valence-corrected chi connectivity index (χ4v) is 0.439. The Labute approximate surface area is 57.6 Å². The monoisotopic (exact) mass is 200 g/mol. The molecule has 0 spiro atoms. The Morgan fingerprint density at radius 1 is 1.00 bits per heavy atom. The quantitative estimate of drug-likeness (QED) is 0.508. The molecule has 0 saturated carbocycles. The molecule has 0 amide bonds. The van der Waals surface area contributed by atoms with Crippen LogP contribution in [0, 0.1) is 0 Å². The molecule has 68 valence electrons. The van der Waals surface area contributed by atoms with Gasteiger partial charge in [-0.05, 0) is 0 Å². The predicted octanol–water partition coefficient (Wildman–Crippen LogP) is 1.03. The van der Waals surface area contributed by atoms with Gasteiger partial charge in [0.05, 0.1) is 0 Å². The van der Waals surface area contributed by atoms with Gasteiger partial charge in [-0.25, -0.2) is 0 Å². The van der Waals surface area contributed by atoms with E-state index in [0.717, 1.165) is 0 Å². The molecule has 0 bridgehead atoms. The van der Waals surface area contributed by atoms with Crippen LogP contribution in [0.25, 0.3) is 0 Å². The summed E-state index contributed by atoms with van der Waals surface area (Å²) >= 11 is 0. The highest BCUT2D eigenvalue weighted by Crippen LogP contribution is 2.38. The van der Waals surface area contributed by atoms with E-state index in [-0.39, 0.29) is 0 Å². The molecule has 0 unspecified atom stereocenters. The van der Waals surface area contributed by atoms with Crippen LogP contribution in [0.5, 0.6) is 0 Å². The average Bonchev–Trinajstić information content (AvgIpc) is 1.58. The fraction of sp³-hybridized carbons (Fsp3) is 1.00. The lowest BCUT2D eigenvalue weighted by Gasteiger charge is -2.15. The van der Waals surface area contributed by atoms with Gasteiger partial charge in [0.15, 0.2) is 0 Å². The third-order valence-corrected chi connectivity index (χ3v) is 1.53. The minimum atomic E-state index is -6.42. The highest BCUT2D eigenvalue weighted by molar-refractivity contribution is 7.86. The van der Waals surface area contributed by atoms with E-state index in [4.69, 9.17) is 4.55 Å². The summed E-state index contributed by atoms with van der Waals surface area (Å²) in [4.78, 5) is 0. The summed E-state index contributed by atoms with van der Waals surface area (Å²) in [5.41, 5.74) is 0. The Bertz CT molecular complexity index is 237. The van der Waals surface area contributed by atoms with Crippen LogP contribution in [0.1, 0.15) is 0 Å². The van der Waals surface area contributed by atoms with Crippen molar-refractivity contribution in [1.82, 2.24) is 0 Å². The minimum absolute atomic E-state index is 6.10. The molecule has 0 aliphatic rings. The summed E-state index contributed by atoms with van der Waals surface area (Å²) in [6.45, 7) is 0. The van der Waals surface area contributed by atoms with Gasteiger partial charge in [0.1, 0.15) is 0 Å².